The van der Waals surface area contributed by atoms with Gasteiger partial charge in [-0.05, 0) is 29.5 Å². The Hall–Kier alpha value is -1.64. The minimum Gasteiger partial charge on any atom is -0.315 e. The van der Waals surface area contributed by atoms with E-state index in [0.29, 0.717) is 12.8 Å². The number of rotatable bonds is 3. The van der Waals surface area contributed by atoms with Crippen molar-refractivity contribution >= 4 is 17.9 Å². The van der Waals surface area contributed by atoms with E-state index in [2.05, 4.69) is 13.0 Å². The molecule has 1 aromatic carbocycles. The standard InChI is InChI=1S/C14H17NO2/c1-10(8-9-16)11-4-3-5-13-12(11)6-7-14(17)15(13)2/h3-5,9-10H,6-8H2,1-2H3. The number of fused-ring (bicyclic) bond motifs is 1. The van der Waals surface area contributed by atoms with Gasteiger partial charge in [0.15, 0.2) is 0 Å². The van der Waals surface area contributed by atoms with Gasteiger partial charge in [0.1, 0.15) is 6.29 Å². The molecule has 2 rings (SSSR count). The van der Waals surface area contributed by atoms with E-state index in [1.165, 1.54) is 11.1 Å². The van der Waals surface area contributed by atoms with Crippen molar-refractivity contribution in [2.75, 3.05) is 11.9 Å². The zero-order valence-electron chi connectivity index (χ0n) is 10.3. The molecule has 90 valence electrons. The molecule has 1 unspecified atom stereocenters. The molecule has 0 aromatic heterocycles. The third-order valence-electron chi connectivity index (χ3n) is 3.49. The molecule has 0 spiro atoms. The lowest BCUT2D eigenvalue weighted by molar-refractivity contribution is -0.118. The molecule has 0 bridgehead atoms. The second-order valence-corrected chi connectivity index (χ2v) is 4.60. The molecule has 17 heavy (non-hydrogen) atoms. The molecule has 1 aliphatic heterocycles. The van der Waals surface area contributed by atoms with Gasteiger partial charge in [0, 0.05) is 25.6 Å². The fourth-order valence-electron chi connectivity index (χ4n) is 2.45. The van der Waals surface area contributed by atoms with Crippen LogP contribution in [-0.4, -0.2) is 19.2 Å². The van der Waals surface area contributed by atoms with Gasteiger partial charge < -0.3 is 9.69 Å². The van der Waals surface area contributed by atoms with Crippen molar-refractivity contribution in [1.29, 1.82) is 0 Å². The molecule has 0 N–H and O–H groups in total. The van der Waals surface area contributed by atoms with E-state index in [-0.39, 0.29) is 11.8 Å². The largest absolute Gasteiger partial charge is 0.315 e. The summed E-state index contributed by atoms with van der Waals surface area (Å²) in [6, 6.07) is 6.00. The number of carbonyl (C=O) groups excluding carboxylic acids is 2. The summed E-state index contributed by atoms with van der Waals surface area (Å²) in [4.78, 5) is 24.0. The third-order valence-corrected chi connectivity index (χ3v) is 3.49. The molecule has 1 aliphatic rings. The zero-order chi connectivity index (χ0) is 12.4. The van der Waals surface area contributed by atoms with Crippen LogP contribution in [0.25, 0.3) is 0 Å². The number of benzene rings is 1. The van der Waals surface area contributed by atoms with Crippen LogP contribution in [-0.2, 0) is 16.0 Å². The Labute approximate surface area is 101 Å². The molecule has 0 radical (unpaired) electrons. The van der Waals surface area contributed by atoms with Gasteiger partial charge in [-0.3, -0.25) is 4.79 Å². The fourth-order valence-corrected chi connectivity index (χ4v) is 2.45. The summed E-state index contributed by atoms with van der Waals surface area (Å²) in [6.07, 6.45) is 2.85. The first-order valence-corrected chi connectivity index (χ1v) is 5.97. The third kappa shape index (κ3) is 2.09. The van der Waals surface area contributed by atoms with Crippen molar-refractivity contribution in [2.45, 2.75) is 32.1 Å². The van der Waals surface area contributed by atoms with Gasteiger partial charge in [0.2, 0.25) is 5.91 Å². The Bertz CT molecular complexity index is 454. The first-order chi connectivity index (χ1) is 8.15. The highest BCUT2D eigenvalue weighted by Gasteiger charge is 2.24. The van der Waals surface area contributed by atoms with Crippen LogP contribution in [0.4, 0.5) is 5.69 Å². The Morgan fingerprint density at radius 1 is 1.41 bits per heavy atom. The molecule has 1 heterocycles. The number of anilines is 1. The monoisotopic (exact) mass is 231 g/mol. The summed E-state index contributed by atoms with van der Waals surface area (Å²) in [5.41, 5.74) is 3.43. The van der Waals surface area contributed by atoms with E-state index >= 15 is 0 Å². The first kappa shape index (κ1) is 11.8. The van der Waals surface area contributed by atoms with Crippen molar-refractivity contribution in [3.63, 3.8) is 0 Å². The van der Waals surface area contributed by atoms with Crippen LogP contribution in [0, 0.1) is 0 Å². The van der Waals surface area contributed by atoms with Gasteiger partial charge in [-0.15, -0.1) is 0 Å². The molecular formula is C14H17NO2. The minimum atomic E-state index is 0.165. The van der Waals surface area contributed by atoms with Gasteiger partial charge in [-0.25, -0.2) is 0 Å². The van der Waals surface area contributed by atoms with E-state index in [4.69, 9.17) is 0 Å². The van der Waals surface area contributed by atoms with Crippen LogP contribution in [0.2, 0.25) is 0 Å². The van der Waals surface area contributed by atoms with Gasteiger partial charge in [0.25, 0.3) is 0 Å². The van der Waals surface area contributed by atoms with Gasteiger partial charge in [0.05, 0.1) is 0 Å². The van der Waals surface area contributed by atoms with E-state index in [1.807, 2.05) is 19.2 Å². The van der Waals surface area contributed by atoms with Crippen LogP contribution < -0.4 is 4.90 Å². The van der Waals surface area contributed by atoms with Crippen LogP contribution in [0.3, 0.4) is 0 Å². The predicted octanol–water partition coefficient (Wildman–Crippen LogP) is 2.29. The number of aldehydes is 1. The number of carbonyl (C=O) groups is 2. The highest BCUT2D eigenvalue weighted by atomic mass is 16.2. The topological polar surface area (TPSA) is 37.4 Å². The van der Waals surface area contributed by atoms with Crippen molar-refractivity contribution in [2.24, 2.45) is 0 Å². The molecule has 0 fully saturated rings. The highest BCUT2D eigenvalue weighted by molar-refractivity contribution is 5.96. The summed E-state index contributed by atoms with van der Waals surface area (Å²) in [6.45, 7) is 2.06. The maximum absolute atomic E-state index is 11.6. The summed E-state index contributed by atoms with van der Waals surface area (Å²) in [5.74, 6) is 0.391. The zero-order valence-corrected chi connectivity index (χ0v) is 10.3. The highest BCUT2D eigenvalue weighted by Crippen LogP contribution is 2.33. The minimum absolute atomic E-state index is 0.165. The molecule has 1 amide bonds. The van der Waals surface area contributed by atoms with Crippen LogP contribution >= 0.6 is 0 Å². The molecule has 3 heteroatoms. The smallest absolute Gasteiger partial charge is 0.227 e. The molecule has 0 saturated carbocycles. The van der Waals surface area contributed by atoms with Gasteiger partial charge in [-0.2, -0.15) is 0 Å². The second kappa shape index (κ2) is 4.70. The molecule has 1 atom stereocenters. The molecule has 0 saturated heterocycles. The fraction of sp³-hybridized carbons (Fsp3) is 0.429. The summed E-state index contributed by atoms with van der Waals surface area (Å²) in [7, 11) is 1.81. The maximum Gasteiger partial charge on any atom is 0.227 e. The van der Waals surface area contributed by atoms with Crippen LogP contribution in [0.15, 0.2) is 18.2 Å². The Morgan fingerprint density at radius 3 is 2.88 bits per heavy atom. The number of hydrogen-bond acceptors (Lipinski definition) is 2. The summed E-state index contributed by atoms with van der Waals surface area (Å²) < 4.78 is 0. The van der Waals surface area contributed by atoms with Crippen molar-refractivity contribution in [3.8, 4) is 0 Å². The lowest BCUT2D eigenvalue weighted by Gasteiger charge is -2.28. The number of nitrogens with zero attached hydrogens (tertiary/aromatic N) is 1. The second-order valence-electron chi connectivity index (χ2n) is 4.60. The molecular weight excluding hydrogens is 214 g/mol. The van der Waals surface area contributed by atoms with E-state index < -0.39 is 0 Å². The number of hydrogen-bond donors (Lipinski definition) is 0. The van der Waals surface area contributed by atoms with Crippen LogP contribution in [0.1, 0.15) is 36.8 Å². The van der Waals surface area contributed by atoms with Crippen molar-refractivity contribution in [3.05, 3.63) is 29.3 Å². The summed E-state index contributed by atoms with van der Waals surface area (Å²) in [5, 5.41) is 0. The molecule has 3 nitrogen and oxygen atoms in total. The normalized spacial score (nSPS) is 16.6. The predicted molar refractivity (Wildman–Crippen MR) is 67.3 cm³/mol. The Balaban J connectivity index is 2.43. The average Bonchev–Trinajstić information content (AvgIpc) is 2.33. The maximum atomic E-state index is 11.6. The average molecular weight is 231 g/mol. The van der Waals surface area contributed by atoms with E-state index in [1.54, 1.807) is 4.90 Å². The SMILES string of the molecule is CC(CC=O)c1cccc2c1CCC(=O)N2C. The quantitative estimate of drug-likeness (QED) is 0.748. The lowest BCUT2D eigenvalue weighted by Crippen LogP contribution is -2.31. The molecule has 0 aliphatic carbocycles. The van der Waals surface area contributed by atoms with Gasteiger partial charge >= 0.3 is 0 Å². The first-order valence-electron chi connectivity index (χ1n) is 5.97. The van der Waals surface area contributed by atoms with E-state index in [0.717, 1.165) is 18.4 Å². The number of amides is 1. The molecule has 1 aromatic rings. The van der Waals surface area contributed by atoms with Gasteiger partial charge in [-0.1, -0.05) is 19.1 Å². The summed E-state index contributed by atoms with van der Waals surface area (Å²) >= 11 is 0. The van der Waals surface area contributed by atoms with Crippen LogP contribution in [0.5, 0.6) is 0 Å². The van der Waals surface area contributed by atoms with Crippen molar-refractivity contribution in [1.82, 2.24) is 0 Å². The van der Waals surface area contributed by atoms with Crippen molar-refractivity contribution < 1.29 is 9.59 Å². The Morgan fingerprint density at radius 2 is 2.18 bits per heavy atom. The van der Waals surface area contributed by atoms with E-state index in [9.17, 15) is 9.59 Å². The Kier molecular flexibility index (Phi) is 3.27. The lowest BCUT2D eigenvalue weighted by atomic mass is 9.88.